The highest BCUT2D eigenvalue weighted by molar-refractivity contribution is 5.96. The number of para-hydroxylation sites is 1. The molecule has 0 aliphatic rings. The Bertz CT molecular complexity index is 882. The quantitative estimate of drug-likeness (QED) is 0.738. The maximum absolute atomic E-state index is 13.7. The van der Waals surface area contributed by atoms with Gasteiger partial charge in [0.05, 0.1) is 12.6 Å². The minimum absolute atomic E-state index is 0.0211. The summed E-state index contributed by atoms with van der Waals surface area (Å²) >= 11 is 0. The maximum Gasteiger partial charge on any atom is 0.251 e. The molecule has 8 heteroatoms. The van der Waals surface area contributed by atoms with Crippen molar-refractivity contribution in [2.24, 2.45) is 5.41 Å². The zero-order valence-corrected chi connectivity index (χ0v) is 16.4. The molecule has 2 rings (SSSR count). The molecule has 2 amide bonds. The summed E-state index contributed by atoms with van der Waals surface area (Å²) in [7, 11) is 0. The molecular formula is C21H23F3N2O3. The van der Waals surface area contributed by atoms with Gasteiger partial charge in [-0.1, -0.05) is 32.9 Å². The maximum atomic E-state index is 13.7. The second kappa shape index (κ2) is 9.45. The summed E-state index contributed by atoms with van der Waals surface area (Å²) in [5.74, 6) is -3.87. The molecule has 1 atom stereocenters. The Labute approximate surface area is 167 Å². The van der Waals surface area contributed by atoms with E-state index in [1.165, 1.54) is 12.1 Å². The molecule has 29 heavy (non-hydrogen) atoms. The van der Waals surface area contributed by atoms with Gasteiger partial charge in [0.1, 0.15) is 6.61 Å². The van der Waals surface area contributed by atoms with Gasteiger partial charge < -0.3 is 15.4 Å². The summed E-state index contributed by atoms with van der Waals surface area (Å²) in [6.45, 7) is 5.28. The van der Waals surface area contributed by atoms with Crippen LogP contribution in [0.15, 0.2) is 42.5 Å². The van der Waals surface area contributed by atoms with Crippen LogP contribution in [0.4, 0.5) is 13.2 Å². The third kappa shape index (κ3) is 6.51. The minimum Gasteiger partial charge on any atom is -0.488 e. The van der Waals surface area contributed by atoms with Crippen molar-refractivity contribution in [2.75, 3.05) is 13.2 Å². The lowest BCUT2D eigenvalue weighted by molar-refractivity contribution is -0.121. The molecule has 0 aromatic heterocycles. The number of hydrogen-bond acceptors (Lipinski definition) is 3. The Morgan fingerprint density at radius 3 is 2.31 bits per heavy atom. The lowest BCUT2D eigenvalue weighted by Gasteiger charge is -2.31. The van der Waals surface area contributed by atoms with Gasteiger partial charge in [0.25, 0.3) is 5.91 Å². The number of rotatable bonds is 7. The summed E-state index contributed by atoms with van der Waals surface area (Å²) in [5, 5.41) is 5.08. The largest absolute Gasteiger partial charge is 0.488 e. The fourth-order valence-corrected chi connectivity index (χ4v) is 2.39. The molecule has 0 fully saturated rings. The fourth-order valence-electron chi connectivity index (χ4n) is 2.39. The molecule has 156 valence electrons. The van der Waals surface area contributed by atoms with Crippen LogP contribution in [-0.2, 0) is 4.79 Å². The van der Waals surface area contributed by atoms with Crippen molar-refractivity contribution < 1.29 is 27.5 Å². The summed E-state index contributed by atoms with van der Waals surface area (Å²) in [5.41, 5.74) is -0.516. The monoisotopic (exact) mass is 408 g/mol. The van der Waals surface area contributed by atoms with Gasteiger partial charge in [-0.05, 0) is 35.7 Å². The van der Waals surface area contributed by atoms with E-state index in [9.17, 15) is 22.8 Å². The van der Waals surface area contributed by atoms with E-state index in [2.05, 4.69) is 10.6 Å². The first-order valence-corrected chi connectivity index (χ1v) is 8.98. The lowest BCUT2D eigenvalue weighted by atomic mass is 9.87. The number of benzene rings is 2. The van der Waals surface area contributed by atoms with Crippen molar-refractivity contribution in [3.8, 4) is 5.75 Å². The average molecular weight is 408 g/mol. The third-order valence-electron chi connectivity index (χ3n) is 4.21. The van der Waals surface area contributed by atoms with Crippen LogP contribution in [0.5, 0.6) is 5.75 Å². The van der Waals surface area contributed by atoms with Crippen molar-refractivity contribution >= 4 is 11.8 Å². The van der Waals surface area contributed by atoms with Crippen molar-refractivity contribution in [1.29, 1.82) is 0 Å². The number of ether oxygens (including phenoxy) is 1. The molecule has 5 nitrogen and oxygen atoms in total. The van der Waals surface area contributed by atoms with Gasteiger partial charge >= 0.3 is 0 Å². The van der Waals surface area contributed by atoms with Crippen LogP contribution in [0, 0.1) is 22.9 Å². The Morgan fingerprint density at radius 2 is 1.69 bits per heavy atom. The van der Waals surface area contributed by atoms with E-state index >= 15 is 0 Å². The van der Waals surface area contributed by atoms with Crippen LogP contribution in [0.25, 0.3) is 0 Å². The molecule has 2 aromatic carbocycles. The van der Waals surface area contributed by atoms with Crippen LogP contribution in [0.2, 0.25) is 0 Å². The number of amides is 2. The molecule has 0 saturated heterocycles. The Kier molecular flexibility index (Phi) is 7.25. The predicted molar refractivity (Wildman–Crippen MR) is 102 cm³/mol. The fraction of sp³-hybridized carbons (Fsp3) is 0.333. The normalized spacial score (nSPS) is 12.2. The van der Waals surface area contributed by atoms with Crippen LogP contribution in [0.1, 0.15) is 31.1 Å². The molecule has 0 bridgehead atoms. The number of hydrogen-bond donors (Lipinski definition) is 2. The number of halogens is 3. The molecule has 0 aliphatic heterocycles. The SMILES string of the molecule is CC(C)(C)C(COc1ccccc1F)NC(=O)CNC(=O)c1ccc(F)c(F)c1. The second-order valence-corrected chi connectivity index (χ2v) is 7.54. The molecule has 1 unspecified atom stereocenters. The summed E-state index contributed by atoms with van der Waals surface area (Å²) in [6, 6.07) is 8.16. The Balaban J connectivity index is 1.93. The van der Waals surface area contributed by atoms with Gasteiger partial charge in [-0.3, -0.25) is 9.59 Å². The van der Waals surface area contributed by atoms with Crippen LogP contribution < -0.4 is 15.4 Å². The second-order valence-electron chi connectivity index (χ2n) is 7.54. The van der Waals surface area contributed by atoms with Gasteiger partial charge in [-0.15, -0.1) is 0 Å². The van der Waals surface area contributed by atoms with E-state index in [1.54, 1.807) is 12.1 Å². The highest BCUT2D eigenvalue weighted by atomic mass is 19.2. The van der Waals surface area contributed by atoms with E-state index in [0.29, 0.717) is 0 Å². The van der Waals surface area contributed by atoms with Crippen LogP contribution >= 0.6 is 0 Å². The standard InChI is InChI=1S/C21H23F3N2O3/c1-21(2,3)18(12-29-17-7-5-4-6-15(17)23)26-19(27)11-25-20(28)13-8-9-14(22)16(24)10-13/h4-10,18H,11-12H2,1-3H3,(H,25,28)(H,26,27). The zero-order chi connectivity index (χ0) is 21.6. The Morgan fingerprint density at radius 1 is 1.00 bits per heavy atom. The van der Waals surface area contributed by atoms with E-state index < -0.39 is 40.7 Å². The first kappa shape index (κ1) is 22.3. The molecular weight excluding hydrogens is 385 g/mol. The minimum atomic E-state index is -1.15. The number of carbonyl (C=O) groups excluding carboxylic acids is 2. The molecule has 0 heterocycles. The lowest BCUT2D eigenvalue weighted by Crippen LogP contribution is -2.50. The predicted octanol–water partition coefficient (Wildman–Crippen LogP) is 3.44. The van der Waals surface area contributed by atoms with Crippen molar-refractivity contribution in [2.45, 2.75) is 26.8 Å². The number of carbonyl (C=O) groups is 2. The zero-order valence-electron chi connectivity index (χ0n) is 16.4. The molecule has 0 aliphatic carbocycles. The van der Waals surface area contributed by atoms with Crippen molar-refractivity contribution in [1.82, 2.24) is 10.6 Å². The van der Waals surface area contributed by atoms with Crippen LogP contribution in [-0.4, -0.2) is 31.0 Å². The summed E-state index contributed by atoms with van der Waals surface area (Å²) in [4.78, 5) is 24.2. The van der Waals surface area contributed by atoms with Gasteiger partial charge in [-0.25, -0.2) is 13.2 Å². The third-order valence-corrected chi connectivity index (χ3v) is 4.21. The van der Waals surface area contributed by atoms with E-state index in [0.717, 1.165) is 18.2 Å². The average Bonchev–Trinajstić information content (AvgIpc) is 2.65. The molecule has 0 radical (unpaired) electrons. The number of nitrogens with one attached hydrogen (secondary N) is 2. The van der Waals surface area contributed by atoms with Gasteiger partial charge in [-0.2, -0.15) is 0 Å². The smallest absolute Gasteiger partial charge is 0.251 e. The first-order valence-electron chi connectivity index (χ1n) is 8.98. The first-order chi connectivity index (χ1) is 13.6. The topological polar surface area (TPSA) is 67.4 Å². The van der Waals surface area contributed by atoms with Gasteiger partial charge in [0, 0.05) is 5.56 Å². The van der Waals surface area contributed by atoms with Crippen molar-refractivity contribution in [3.05, 3.63) is 65.5 Å². The molecule has 0 spiro atoms. The highest BCUT2D eigenvalue weighted by Gasteiger charge is 2.27. The summed E-state index contributed by atoms with van der Waals surface area (Å²) < 4.78 is 45.4. The van der Waals surface area contributed by atoms with E-state index in [4.69, 9.17) is 4.74 Å². The molecule has 2 N–H and O–H groups in total. The van der Waals surface area contributed by atoms with Crippen LogP contribution in [0.3, 0.4) is 0 Å². The van der Waals surface area contributed by atoms with Gasteiger partial charge in [0.2, 0.25) is 5.91 Å². The van der Waals surface area contributed by atoms with E-state index in [1.807, 2.05) is 20.8 Å². The highest BCUT2D eigenvalue weighted by Crippen LogP contribution is 2.22. The van der Waals surface area contributed by atoms with Gasteiger partial charge in [0.15, 0.2) is 23.2 Å². The molecule has 2 aromatic rings. The van der Waals surface area contributed by atoms with Crippen molar-refractivity contribution in [3.63, 3.8) is 0 Å². The Hall–Kier alpha value is -3.03. The molecule has 0 saturated carbocycles. The summed E-state index contributed by atoms with van der Waals surface area (Å²) in [6.07, 6.45) is 0. The van der Waals surface area contributed by atoms with E-state index in [-0.39, 0.29) is 24.5 Å².